The molecule has 0 amide bonds. The number of pyridine rings is 1. The molecule has 4 heterocycles. The monoisotopic (exact) mass is 496 g/mol. The van der Waals surface area contributed by atoms with Crippen LogP contribution in [0.4, 0.5) is 19.0 Å². The molecule has 0 aliphatic carbocycles. The van der Waals surface area contributed by atoms with Crippen LogP contribution in [0.5, 0.6) is 0 Å². The summed E-state index contributed by atoms with van der Waals surface area (Å²) in [5.41, 5.74) is 5.09. The van der Waals surface area contributed by atoms with Gasteiger partial charge in [-0.05, 0) is 29.8 Å². The third-order valence-electron chi connectivity index (χ3n) is 6.13. The van der Waals surface area contributed by atoms with E-state index in [4.69, 9.17) is 4.98 Å². The zero-order valence-corrected chi connectivity index (χ0v) is 19.9. The molecule has 188 valence electrons. The Morgan fingerprint density at radius 1 is 1.03 bits per heavy atom. The zero-order valence-electron chi connectivity index (χ0n) is 19.9. The quantitative estimate of drug-likeness (QED) is 0.406. The first-order valence-corrected chi connectivity index (χ1v) is 11.8. The molecule has 1 aliphatic heterocycles. The third kappa shape index (κ3) is 5.97. The summed E-state index contributed by atoms with van der Waals surface area (Å²) in [6.07, 6.45) is -0.626. The standard InChI is InChI=1S/C25H27F3N8/c1-35(15-25(26,27)28)24-13-21(31-16-32-24)18-2-3-20-22(11-18)34-23(33-20)12-19-10-17(4-5-30-19)14-36-8-6-29-7-9-36/h2-5,10-11,13,16,29H,6-9,12,14-15H2,1H3,(H,33,34). The maximum atomic E-state index is 12.8. The van der Waals surface area contributed by atoms with E-state index < -0.39 is 12.7 Å². The molecule has 5 rings (SSSR count). The van der Waals surface area contributed by atoms with Crippen molar-refractivity contribution in [3.05, 3.63) is 66.0 Å². The topological polar surface area (TPSA) is 85.9 Å². The normalized spacial score (nSPS) is 14.9. The molecule has 3 aromatic heterocycles. The molecule has 1 saturated heterocycles. The molecule has 2 N–H and O–H groups in total. The molecule has 8 nitrogen and oxygen atoms in total. The van der Waals surface area contributed by atoms with E-state index in [1.807, 2.05) is 24.4 Å². The minimum atomic E-state index is -4.31. The molecule has 4 aromatic rings. The Hall–Kier alpha value is -3.57. The van der Waals surface area contributed by atoms with Crippen molar-refractivity contribution in [1.29, 1.82) is 0 Å². The van der Waals surface area contributed by atoms with Crippen LogP contribution in [0.2, 0.25) is 0 Å². The largest absolute Gasteiger partial charge is 0.405 e. The van der Waals surface area contributed by atoms with Crippen LogP contribution in [0, 0.1) is 0 Å². The van der Waals surface area contributed by atoms with Crippen LogP contribution < -0.4 is 10.2 Å². The van der Waals surface area contributed by atoms with Crippen molar-refractivity contribution in [2.75, 3.05) is 44.7 Å². The van der Waals surface area contributed by atoms with Gasteiger partial charge < -0.3 is 15.2 Å². The van der Waals surface area contributed by atoms with Gasteiger partial charge in [-0.3, -0.25) is 9.88 Å². The molecule has 0 unspecified atom stereocenters. The van der Waals surface area contributed by atoms with Gasteiger partial charge in [-0.1, -0.05) is 6.07 Å². The number of benzene rings is 1. The van der Waals surface area contributed by atoms with Gasteiger partial charge in [-0.25, -0.2) is 15.0 Å². The Morgan fingerprint density at radius 3 is 2.67 bits per heavy atom. The van der Waals surface area contributed by atoms with Crippen molar-refractivity contribution in [2.24, 2.45) is 0 Å². The molecule has 11 heteroatoms. The average molecular weight is 497 g/mol. The number of aromatic amines is 1. The van der Waals surface area contributed by atoms with E-state index in [2.05, 4.69) is 42.3 Å². The molecule has 1 aromatic carbocycles. The smallest absolute Gasteiger partial charge is 0.350 e. The van der Waals surface area contributed by atoms with E-state index in [9.17, 15) is 13.2 Å². The molecular formula is C25H27F3N8. The highest BCUT2D eigenvalue weighted by molar-refractivity contribution is 5.81. The van der Waals surface area contributed by atoms with Gasteiger partial charge in [0.2, 0.25) is 0 Å². The van der Waals surface area contributed by atoms with Crippen molar-refractivity contribution in [3.63, 3.8) is 0 Å². The van der Waals surface area contributed by atoms with Gasteiger partial charge >= 0.3 is 6.18 Å². The van der Waals surface area contributed by atoms with Crippen molar-refractivity contribution in [2.45, 2.75) is 19.1 Å². The molecule has 0 atom stereocenters. The maximum Gasteiger partial charge on any atom is 0.405 e. The van der Waals surface area contributed by atoms with Crippen LogP contribution in [0.15, 0.2) is 48.9 Å². The Bertz CT molecular complexity index is 1330. The first-order valence-electron chi connectivity index (χ1n) is 11.8. The lowest BCUT2D eigenvalue weighted by Gasteiger charge is -2.27. The molecule has 1 aliphatic rings. The van der Waals surface area contributed by atoms with Gasteiger partial charge in [0.1, 0.15) is 24.5 Å². The van der Waals surface area contributed by atoms with Gasteiger partial charge in [0.25, 0.3) is 0 Å². The van der Waals surface area contributed by atoms with Crippen LogP contribution in [0.1, 0.15) is 17.1 Å². The summed E-state index contributed by atoms with van der Waals surface area (Å²) in [5, 5.41) is 3.37. The summed E-state index contributed by atoms with van der Waals surface area (Å²) in [6.45, 7) is 3.92. The number of fused-ring (bicyclic) bond motifs is 1. The number of aromatic nitrogens is 5. The first-order chi connectivity index (χ1) is 17.3. The number of piperazine rings is 1. The number of anilines is 1. The van der Waals surface area contributed by atoms with Crippen molar-refractivity contribution in [3.8, 4) is 11.3 Å². The lowest BCUT2D eigenvalue weighted by Crippen LogP contribution is -2.42. The van der Waals surface area contributed by atoms with E-state index in [0.717, 1.165) is 65.7 Å². The predicted molar refractivity (Wildman–Crippen MR) is 132 cm³/mol. The van der Waals surface area contributed by atoms with Gasteiger partial charge in [0.05, 0.1) is 16.7 Å². The third-order valence-corrected chi connectivity index (χ3v) is 6.13. The maximum absolute atomic E-state index is 12.8. The molecule has 0 spiro atoms. The number of nitrogens with one attached hydrogen (secondary N) is 2. The summed E-state index contributed by atoms with van der Waals surface area (Å²) >= 11 is 0. The van der Waals surface area contributed by atoms with E-state index in [1.54, 1.807) is 6.07 Å². The van der Waals surface area contributed by atoms with Crippen LogP contribution in [0.3, 0.4) is 0 Å². The minimum Gasteiger partial charge on any atom is -0.350 e. The molecule has 36 heavy (non-hydrogen) atoms. The number of H-pyrrole nitrogens is 1. The highest BCUT2D eigenvalue weighted by Crippen LogP contribution is 2.26. The highest BCUT2D eigenvalue weighted by atomic mass is 19.4. The lowest BCUT2D eigenvalue weighted by molar-refractivity contribution is -0.119. The number of nitrogens with zero attached hydrogens (tertiary/aromatic N) is 6. The van der Waals surface area contributed by atoms with Gasteiger partial charge in [-0.15, -0.1) is 0 Å². The predicted octanol–water partition coefficient (Wildman–Crippen LogP) is 3.41. The summed E-state index contributed by atoms with van der Waals surface area (Å²) in [6, 6.07) is 11.4. The SMILES string of the molecule is CN(CC(F)(F)F)c1cc(-c2ccc3nc(Cc4cc(CN5CCNCC5)ccn4)[nH]c3c2)ncn1. The number of halogens is 3. The average Bonchev–Trinajstić information content (AvgIpc) is 3.25. The van der Waals surface area contributed by atoms with Crippen molar-refractivity contribution < 1.29 is 13.2 Å². The molecule has 0 bridgehead atoms. The fourth-order valence-electron chi connectivity index (χ4n) is 4.39. The van der Waals surface area contributed by atoms with E-state index in [1.165, 1.54) is 18.9 Å². The Labute approximate surface area is 206 Å². The summed E-state index contributed by atoms with van der Waals surface area (Å²) in [5.74, 6) is 0.997. The molecule has 0 radical (unpaired) electrons. The molecule has 1 fully saturated rings. The zero-order chi connectivity index (χ0) is 25.1. The second kappa shape index (κ2) is 10.2. The number of imidazole rings is 1. The molecule has 0 saturated carbocycles. The summed E-state index contributed by atoms with van der Waals surface area (Å²) in [7, 11) is 1.36. The summed E-state index contributed by atoms with van der Waals surface area (Å²) in [4.78, 5) is 24.3. The van der Waals surface area contributed by atoms with Crippen LogP contribution in [0.25, 0.3) is 22.3 Å². The Balaban J connectivity index is 1.32. The number of alkyl halides is 3. The number of hydrogen-bond acceptors (Lipinski definition) is 7. The van der Waals surface area contributed by atoms with Crippen molar-refractivity contribution >= 4 is 16.9 Å². The molecular weight excluding hydrogens is 469 g/mol. The van der Waals surface area contributed by atoms with Gasteiger partial charge in [0, 0.05) is 69.7 Å². The van der Waals surface area contributed by atoms with Crippen LogP contribution in [-0.2, 0) is 13.0 Å². The second-order valence-electron chi connectivity index (χ2n) is 9.01. The van der Waals surface area contributed by atoms with Crippen molar-refractivity contribution in [1.82, 2.24) is 35.1 Å². The Morgan fingerprint density at radius 2 is 1.86 bits per heavy atom. The fraction of sp³-hybridized carbons (Fsp3) is 0.360. The van der Waals surface area contributed by atoms with E-state index >= 15 is 0 Å². The van der Waals surface area contributed by atoms with E-state index in [0.29, 0.717) is 12.1 Å². The number of hydrogen-bond donors (Lipinski definition) is 2. The van der Waals surface area contributed by atoms with Crippen LogP contribution >= 0.6 is 0 Å². The second-order valence-corrected chi connectivity index (χ2v) is 9.01. The lowest BCUT2D eigenvalue weighted by atomic mass is 10.1. The Kier molecular flexibility index (Phi) is 6.84. The van der Waals surface area contributed by atoms with Gasteiger partial charge in [0.15, 0.2) is 0 Å². The van der Waals surface area contributed by atoms with E-state index in [-0.39, 0.29) is 5.82 Å². The van der Waals surface area contributed by atoms with Crippen LogP contribution in [-0.4, -0.2) is 75.8 Å². The number of rotatable bonds is 7. The highest BCUT2D eigenvalue weighted by Gasteiger charge is 2.30. The minimum absolute atomic E-state index is 0.203. The first kappa shape index (κ1) is 24.1. The summed E-state index contributed by atoms with van der Waals surface area (Å²) < 4.78 is 38.3. The van der Waals surface area contributed by atoms with Gasteiger partial charge in [-0.2, -0.15) is 13.2 Å². The fourth-order valence-corrected chi connectivity index (χ4v) is 4.39.